The average Bonchev–Trinajstić information content (AvgIpc) is 2.53. The average molecular weight is 332 g/mol. The number of hydrogen-bond acceptors (Lipinski definition) is 6. The molecule has 0 spiro atoms. The second-order valence-electron chi connectivity index (χ2n) is 5.39. The largest absolute Gasteiger partial charge is 0.481 e. The van der Waals surface area contributed by atoms with Gasteiger partial charge in [-0.25, -0.2) is 4.79 Å². The molecule has 8 heteroatoms. The molecule has 1 aliphatic heterocycles. The van der Waals surface area contributed by atoms with Gasteiger partial charge in [-0.05, 0) is 19.4 Å². The minimum atomic E-state index is -1.17. The number of ether oxygens (including phenoxy) is 1. The number of carboxylic acid groups (broad SMARTS) is 1. The Labute approximate surface area is 137 Å². The predicted octanol–water partition coefficient (Wildman–Crippen LogP) is 2.30. The number of aliphatic imine (C=N–C) groups is 1. The first-order valence-electron chi connectivity index (χ1n) is 7.09. The van der Waals surface area contributed by atoms with Crippen molar-refractivity contribution in [2.24, 2.45) is 10.9 Å². The number of benzene rings is 1. The number of non-ortho nitro benzene ring substituents is 1. The molecule has 0 aromatic heterocycles. The quantitative estimate of drug-likeness (QED) is 0.513. The van der Waals surface area contributed by atoms with E-state index in [4.69, 9.17) is 4.74 Å². The van der Waals surface area contributed by atoms with Gasteiger partial charge in [0, 0.05) is 29.5 Å². The van der Waals surface area contributed by atoms with Crippen molar-refractivity contribution in [3.05, 3.63) is 51.2 Å². The van der Waals surface area contributed by atoms with Crippen molar-refractivity contribution < 1.29 is 24.4 Å². The van der Waals surface area contributed by atoms with Crippen LogP contribution in [0.3, 0.4) is 0 Å². The van der Waals surface area contributed by atoms with Crippen LogP contribution in [0.4, 0.5) is 5.69 Å². The summed E-state index contributed by atoms with van der Waals surface area (Å²) in [4.78, 5) is 38.5. The third kappa shape index (κ3) is 3.03. The lowest BCUT2D eigenvalue weighted by Crippen LogP contribution is -2.35. The predicted molar refractivity (Wildman–Crippen MR) is 84.8 cm³/mol. The Balaban J connectivity index is 2.70. The summed E-state index contributed by atoms with van der Waals surface area (Å²) in [6, 6.07) is 5.59. The summed E-state index contributed by atoms with van der Waals surface area (Å²) in [7, 11) is 1.19. The fourth-order valence-corrected chi connectivity index (χ4v) is 2.92. The van der Waals surface area contributed by atoms with Crippen LogP contribution < -0.4 is 0 Å². The first-order valence-corrected chi connectivity index (χ1v) is 7.09. The lowest BCUT2D eigenvalue weighted by molar-refractivity contribution is -0.384. The number of nitro benzene ring substituents is 1. The van der Waals surface area contributed by atoms with Crippen LogP contribution in [0, 0.1) is 16.0 Å². The van der Waals surface area contributed by atoms with Crippen molar-refractivity contribution in [3.63, 3.8) is 0 Å². The summed E-state index contributed by atoms with van der Waals surface area (Å²) in [5.74, 6) is -3.88. The third-order valence-corrected chi connectivity index (χ3v) is 3.94. The zero-order chi connectivity index (χ0) is 18.0. The number of allylic oxidation sites excluding steroid dienone is 1. The summed E-state index contributed by atoms with van der Waals surface area (Å²) in [6.45, 7) is 3.14. The van der Waals surface area contributed by atoms with E-state index in [1.807, 2.05) is 0 Å². The fraction of sp³-hybridized carbons (Fsp3) is 0.312. The van der Waals surface area contributed by atoms with Crippen molar-refractivity contribution in [2.45, 2.75) is 19.8 Å². The maximum absolute atomic E-state index is 12.2. The Morgan fingerprint density at radius 3 is 2.54 bits per heavy atom. The molecule has 2 rings (SSSR count). The molecule has 1 aliphatic rings. The van der Waals surface area contributed by atoms with Crippen LogP contribution in [0.1, 0.15) is 25.3 Å². The normalized spacial score (nSPS) is 20.4. The molecule has 126 valence electrons. The summed E-state index contributed by atoms with van der Waals surface area (Å²) in [6.07, 6.45) is 0. The maximum atomic E-state index is 12.2. The minimum absolute atomic E-state index is 0.0935. The number of nitrogens with zero attached hydrogens (tertiary/aromatic N) is 2. The number of carboxylic acids is 1. The van der Waals surface area contributed by atoms with E-state index in [9.17, 15) is 24.8 Å². The summed E-state index contributed by atoms with van der Waals surface area (Å²) in [5.41, 5.74) is 0.929. The maximum Gasteiger partial charge on any atom is 0.336 e. The van der Waals surface area contributed by atoms with Crippen LogP contribution in [0.5, 0.6) is 0 Å². The molecule has 0 fully saturated rings. The van der Waals surface area contributed by atoms with Gasteiger partial charge in [-0.15, -0.1) is 0 Å². The van der Waals surface area contributed by atoms with E-state index in [0.29, 0.717) is 17.0 Å². The van der Waals surface area contributed by atoms with Gasteiger partial charge >= 0.3 is 11.9 Å². The molecular weight excluding hydrogens is 316 g/mol. The van der Waals surface area contributed by atoms with Crippen LogP contribution in [-0.2, 0) is 14.3 Å². The number of esters is 1. The molecule has 0 amide bonds. The summed E-state index contributed by atoms with van der Waals surface area (Å²) >= 11 is 0. The Hall–Kier alpha value is -3.03. The van der Waals surface area contributed by atoms with Gasteiger partial charge in [0.25, 0.3) is 5.69 Å². The Morgan fingerprint density at radius 2 is 2.00 bits per heavy atom. The lowest BCUT2D eigenvalue weighted by Gasteiger charge is -2.30. The Morgan fingerprint density at radius 1 is 1.33 bits per heavy atom. The van der Waals surface area contributed by atoms with E-state index < -0.39 is 28.7 Å². The highest BCUT2D eigenvalue weighted by Gasteiger charge is 2.41. The number of carbonyl (C=O) groups excluding carboxylic acids is 1. The van der Waals surface area contributed by atoms with E-state index in [1.54, 1.807) is 19.9 Å². The second kappa shape index (κ2) is 6.61. The zero-order valence-electron chi connectivity index (χ0n) is 13.3. The molecule has 1 unspecified atom stereocenters. The van der Waals surface area contributed by atoms with Crippen molar-refractivity contribution in [1.82, 2.24) is 0 Å². The van der Waals surface area contributed by atoms with Crippen molar-refractivity contribution >= 4 is 23.3 Å². The zero-order valence-corrected chi connectivity index (χ0v) is 13.3. The van der Waals surface area contributed by atoms with Gasteiger partial charge in [0.2, 0.25) is 0 Å². The van der Waals surface area contributed by atoms with Gasteiger partial charge in [0.05, 0.1) is 17.6 Å². The van der Waals surface area contributed by atoms with Crippen molar-refractivity contribution in [3.8, 4) is 0 Å². The molecule has 0 saturated carbocycles. The number of hydrogen-bond donors (Lipinski definition) is 1. The van der Waals surface area contributed by atoms with E-state index >= 15 is 0 Å². The van der Waals surface area contributed by atoms with Crippen LogP contribution in [0.15, 0.2) is 40.5 Å². The molecular formula is C16H16N2O6. The third-order valence-electron chi connectivity index (χ3n) is 3.94. The molecule has 2 atom stereocenters. The Kier molecular flexibility index (Phi) is 4.77. The SMILES string of the molecule is COC(=O)C1=C(C)N=C(C)C(C(=O)O)[C@H]1c1cccc([N+](=O)[O-])c1. The molecule has 1 heterocycles. The minimum Gasteiger partial charge on any atom is -0.481 e. The van der Waals surface area contributed by atoms with Gasteiger partial charge in [0.1, 0.15) is 5.92 Å². The highest BCUT2D eigenvalue weighted by atomic mass is 16.6. The monoisotopic (exact) mass is 332 g/mol. The molecule has 1 aromatic carbocycles. The summed E-state index contributed by atoms with van der Waals surface area (Å²) in [5, 5.41) is 20.6. The fourth-order valence-electron chi connectivity index (χ4n) is 2.92. The summed E-state index contributed by atoms with van der Waals surface area (Å²) < 4.78 is 4.76. The van der Waals surface area contributed by atoms with Crippen LogP contribution in [0.2, 0.25) is 0 Å². The highest BCUT2D eigenvalue weighted by Crippen LogP contribution is 2.40. The lowest BCUT2D eigenvalue weighted by atomic mass is 9.75. The van der Waals surface area contributed by atoms with E-state index in [2.05, 4.69) is 4.99 Å². The van der Waals surface area contributed by atoms with Gasteiger partial charge in [0.15, 0.2) is 0 Å². The van der Waals surface area contributed by atoms with E-state index in [-0.39, 0.29) is 11.3 Å². The topological polar surface area (TPSA) is 119 Å². The number of methoxy groups -OCH3 is 1. The van der Waals surface area contributed by atoms with Crippen molar-refractivity contribution in [1.29, 1.82) is 0 Å². The van der Waals surface area contributed by atoms with Crippen LogP contribution in [0.25, 0.3) is 0 Å². The molecule has 1 N–H and O–H groups in total. The molecule has 24 heavy (non-hydrogen) atoms. The molecule has 1 aromatic rings. The van der Waals surface area contributed by atoms with E-state index in [0.717, 1.165) is 0 Å². The smallest absolute Gasteiger partial charge is 0.336 e. The number of rotatable bonds is 4. The molecule has 8 nitrogen and oxygen atoms in total. The molecule has 0 radical (unpaired) electrons. The van der Waals surface area contributed by atoms with Gasteiger partial charge in [-0.2, -0.15) is 0 Å². The first-order chi connectivity index (χ1) is 11.3. The first kappa shape index (κ1) is 17.3. The van der Waals surface area contributed by atoms with Gasteiger partial charge in [-0.1, -0.05) is 12.1 Å². The molecule has 0 aliphatic carbocycles. The number of carbonyl (C=O) groups is 2. The second-order valence-corrected chi connectivity index (χ2v) is 5.39. The van der Waals surface area contributed by atoms with Gasteiger partial charge in [-0.3, -0.25) is 19.9 Å². The Bertz CT molecular complexity index is 781. The molecule has 0 saturated heterocycles. The number of nitro groups is 1. The molecule has 0 bridgehead atoms. The van der Waals surface area contributed by atoms with Crippen LogP contribution >= 0.6 is 0 Å². The van der Waals surface area contributed by atoms with Crippen molar-refractivity contribution in [2.75, 3.05) is 7.11 Å². The standard InChI is InChI=1S/C16H16N2O6/c1-8-12(15(19)20)14(13(9(2)17-8)16(21)24-3)10-5-4-6-11(7-10)18(22)23/h4-7,12,14H,1-3H3,(H,19,20)/t12?,14-/m1/s1. The van der Waals surface area contributed by atoms with Gasteiger partial charge < -0.3 is 9.84 Å². The van der Waals surface area contributed by atoms with E-state index in [1.165, 1.54) is 25.3 Å². The van der Waals surface area contributed by atoms with Crippen LogP contribution in [-0.4, -0.2) is 34.8 Å². The highest BCUT2D eigenvalue weighted by molar-refractivity contribution is 6.06. The number of aliphatic carboxylic acids is 1.